The van der Waals surface area contributed by atoms with Crippen molar-refractivity contribution in [2.75, 3.05) is 0 Å². The standard InChI is InChI=1S/C23H17N5O4.Na/c1-13-12-16(10-11-18(13)27-25-15-8-6-14(7-9-15)23(31)32)26-28-20-21(29)17-4-2-3-5-19(17)24-22(20)30;/h2-12H,1H3,(H,31,32)(H2,24,29,30);. The van der Waals surface area contributed by atoms with Crippen LogP contribution in [0.15, 0.2) is 92.0 Å². The Morgan fingerprint density at radius 1 is 0.879 bits per heavy atom. The number of nitrogens with one attached hydrogen (secondary N) is 1. The third-order valence-electron chi connectivity index (χ3n) is 4.70. The zero-order valence-corrected chi connectivity index (χ0v) is 19.9. The molecule has 0 fully saturated rings. The van der Waals surface area contributed by atoms with Gasteiger partial charge in [-0.2, -0.15) is 15.3 Å². The number of nitrogens with zero attached hydrogens (tertiary/aromatic N) is 4. The normalized spacial score (nSPS) is 11.2. The van der Waals surface area contributed by atoms with E-state index in [1.807, 2.05) is 6.92 Å². The number of aromatic nitrogens is 1. The Morgan fingerprint density at radius 2 is 1.55 bits per heavy atom. The molecule has 159 valence electrons. The molecule has 0 aliphatic rings. The zero-order chi connectivity index (χ0) is 22.7. The molecule has 33 heavy (non-hydrogen) atoms. The Morgan fingerprint density at radius 3 is 2.24 bits per heavy atom. The molecule has 0 bridgehead atoms. The third-order valence-corrected chi connectivity index (χ3v) is 4.70. The summed E-state index contributed by atoms with van der Waals surface area (Å²) in [4.78, 5) is 25.8. The van der Waals surface area contributed by atoms with E-state index in [1.54, 1.807) is 54.6 Å². The summed E-state index contributed by atoms with van der Waals surface area (Å²) in [6.07, 6.45) is 0. The number of aromatic amines is 1. The van der Waals surface area contributed by atoms with Crippen molar-refractivity contribution in [2.24, 2.45) is 20.5 Å². The summed E-state index contributed by atoms with van der Waals surface area (Å²) in [5, 5.41) is 36.1. The van der Waals surface area contributed by atoms with Crippen LogP contribution < -0.4 is 5.56 Å². The number of carboxylic acids is 1. The summed E-state index contributed by atoms with van der Waals surface area (Å²) in [7, 11) is 0. The number of aromatic carboxylic acids is 1. The molecule has 0 amide bonds. The molecule has 1 aromatic heterocycles. The van der Waals surface area contributed by atoms with E-state index in [-0.39, 0.29) is 46.6 Å². The molecule has 10 heteroatoms. The first kappa shape index (κ1) is 24.0. The van der Waals surface area contributed by atoms with Crippen molar-refractivity contribution >= 4 is 69.2 Å². The number of H-pyrrole nitrogens is 1. The van der Waals surface area contributed by atoms with Crippen LogP contribution in [0.5, 0.6) is 5.75 Å². The maximum Gasteiger partial charge on any atom is 0.335 e. The van der Waals surface area contributed by atoms with Crippen molar-refractivity contribution in [2.45, 2.75) is 6.92 Å². The Bertz CT molecular complexity index is 1450. The summed E-state index contributed by atoms with van der Waals surface area (Å²) < 4.78 is 0. The second kappa shape index (κ2) is 10.3. The number of hydrogen-bond acceptors (Lipinski definition) is 7. The fraction of sp³-hybridized carbons (Fsp3) is 0.0435. The van der Waals surface area contributed by atoms with Gasteiger partial charge in [-0.3, -0.25) is 4.79 Å². The molecule has 4 aromatic rings. The number of carbonyl (C=O) groups is 1. The van der Waals surface area contributed by atoms with Gasteiger partial charge in [0.2, 0.25) is 0 Å². The van der Waals surface area contributed by atoms with E-state index in [4.69, 9.17) is 5.11 Å². The number of azo groups is 2. The van der Waals surface area contributed by atoms with E-state index < -0.39 is 11.5 Å². The van der Waals surface area contributed by atoms with Gasteiger partial charge in [0, 0.05) is 34.9 Å². The van der Waals surface area contributed by atoms with E-state index in [1.165, 1.54) is 12.1 Å². The average molecular weight is 450 g/mol. The van der Waals surface area contributed by atoms with E-state index in [2.05, 4.69) is 25.4 Å². The zero-order valence-electron chi connectivity index (χ0n) is 17.9. The van der Waals surface area contributed by atoms with Crippen LogP contribution in [-0.4, -0.2) is 50.7 Å². The maximum absolute atomic E-state index is 12.2. The topological polar surface area (TPSA) is 140 Å². The number of carboxylic acid groups (broad SMARTS) is 1. The maximum atomic E-state index is 12.2. The van der Waals surface area contributed by atoms with Crippen LogP contribution >= 0.6 is 0 Å². The fourth-order valence-corrected chi connectivity index (χ4v) is 3.01. The van der Waals surface area contributed by atoms with Gasteiger partial charge in [-0.05, 0) is 67.1 Å². The van der Waals surface area contributed by atoms with Gasteiger partial charge in [-0.15, -0.1) is 5.11 Å². The van der Waals surface area contributed by atoms with Crippen LogP contribution in [0.25, 0.3) is 10.9 Å². The van der Waals surface area contributed by atoms with Gasteiger partial charge in [0.1, 0.15) is 0 Å². The molecule has 0 spiro atoms. The molecule has 0 unspecified atom stereocenters. The van der Waals surface area contributed by atoms with Crippen LogP contribution in [0.2, 0.25) is 0 Å². The van der Waals surface area contributed by atoms with Crippen molar-refractivity contribution in [3.05, 3.63) is 88.2 Å². The van der Waals surface area contributed by atoms with Crippen LogP contribution in [0.4, 0.5) is 22.7 Å². The number of pyridine rings is 1. The van der Waals surface area contributed by atoms with Crippen LogP contribution in [-0.2, 0) is 0 Å². The Labute approximate surface area is 209 Å². The number of aromatic hydroxyl groups is 1. The first-order chi connectivity index (χ1) is 15.4. The molecular weight excluding hydrogens is 433 g/mol. The number of fused-ring (bicyclic) bond motifs is 1. The Kier molecular flexibility index (Phi) is 7.49. The fourth-order valence-electron chi connectivity index (χ4n) is 3.01. The second-order valence-electron chi connectivity index (χ2n) is 6.92. The van der Waals surface area contributed by atoms with Gasteiger partial charge >= 0.3 is 5.97 Å². The molecule has 0 aliphatic heterocycles. The molecule has 0 saturated heterocycles. The molecule has 4 rings (SSSR count). The van der Waals surface area contributed by atoms with Crippen LogP contribution in [0.1, 0.15) is 15.9 Å². The van der Waals surface area contributed by atoms with Gasteiger partial charge in [0.05, 0.1) is 28.1 Å². The molecule has 9 nitrogen and oxygen atoms in total. The molecule has 1 heterocycles. The third kappa shape index (κ3) is 5.40. The summed E-state index contributed by atoms with van der Waals surface area (Å²) in [6, 6.07) is 18.0. The number of hydrogen-bond donors (Lipinski definition) is 3. The number of benzene rings is 3. The van der Waals surface area contributed by atoms with E-state index >= 15 is 0 Å². The number of aryl methyl sites for hydroxylation is 1. The smallest absolute Gasteiger partial charge is 0.335 e. The first-order valence-corrected chi connectivity index (χ1v) is 9.54. The van der Waals surface area contributed by atoms with Gasteiger partial charge in [-0.25, -0.2) is 4.79 Å². The van der Waals surface area contributed by atoms with E-state index in [0.29, 0.717) is 28.0 Å². The van der Waals surface area contributed by atoms with Gasteiger partial charge in [0.15, 0.2) is 11.4 Å². The predicted molar refractivity (Wildman–Crippen MR) is 125 cm³/mol. The van der Waals surface area contributed by atoms with Crippen molar-refractivity contribution in [3.8, 4) is 5.75 Å². The van der Waals surface area contributed by atoms with Crippen LogP contribution in [0, 0.1) is 6.92 Å². The van der Waals surface area contributed by atoms with Gasteiger partial charge in [0.25, 0.3) is 5.56 Å². The van der Waals surface area contributed by atoms with Gasteiger partial charge < -0.3 is 15.2 Å². The number of rotatable bonds is 5. The minimum absolute atomic E-state index is 0. The van der Waals surface area contributed by atoms with Crippen molar-refractivity contribution in [1.82, 2.24) is 4.98 Å². The second-order valence-corrected chi connectivity index (χ2v) is 6.92. The Balaban J connectivity index is 0.00000306. The van der Waals surface area contributed by atoms with E-state index in [9.17, 15) is 14.7 Å². The van der Waals surface area contributed by atoms with Crippen molar-refractivity contribution in [1.29, 1.82) is 0 Å². The molecule has 0 atom stereocenters. The van der Waals surface area contributed by atoms with Crippen molar-refractivity contribution in [3.63, 3.8) is 0 Å². The summed E-state index contributed by atoms with van der Waals surface area (Å²) in [6.45, 7) is 1.82. The van der Waals surface area contributed by atoms with Crippen LogP contribution in [0.3, 0.4) is 0 Å². The summed E-state index contributed by atoms with van der Waals surface area (Å²) in [5.74, 6) is -1.24. The van der Waals surface area contributed by atoms with Gasteiger partial charge in [-0.1, -0.05) is 12.1 Å². The quantitative estimate of drug-likeness (QED) is 0.265. The predicted octanol–water partition coefficient (Wildman–Crippen LogP) is 5.69. The molecule has 3 N–H and O–H groups in total. The first-order valence-electron chi connectivity index (χ1n) is 9.54. The molecular formula is C23H17N5NaO4. The Hall–Kier alpha value is -3.66. The average Bonchev–Trinajstić information content (AvgIpc) is 2.78. The summed E-state index contributed by atoms with van der Waals surface area (Å²) >= 11 is 0. The molecule has 1 radical (unpaired) electrons. The van der Waals surface area contributed by atoms with E-state index in [0.717, 1.165) is 5.56 Å². The van der Waals surface area contributed by atoms with Crippen molar-refractivity contribution < 1.29 is 15.0 Å². The molecule has 0 saturated carbocycles. The minimum atomic E-state index is -1.01. The minimum Gasteiger partial charge on any atom is -0.505 e. The SMILES string of the molecule is Cc1cc(N=Nc2c(O)c3ccccc3[nH]c2=O)ccc1N=Nc1ccc(C(=O)O)cc1.[Na]. The molecule has 0 aliphatic carbocycles. The number of para-hydroxylation sites is 1. The summed E-state index contributed by atoms with van der Waals surface area (Å²) in [5.41, 5.74) is 2.32. The monoisotopic (exact) mass is 450 g/mol. The molecule has 3 aromatic carbocycles. The largest absolute Gasteiger partial charge is 0.505 e.